The molecule has 154 valence electrons. The molecule has 0 fully saturated rings. The molecule has 0 unspecified atom stereocenters. The Hall–Kier alpha value is -1.57. The molecule has 1 aromatic carbocycles. The molecular formula is C15H25N3O7S2. The van der Waals surface area contributed by atoms with Crippen molar-refractivity contribution in [1.29, 1.82) is 0 Å². The Labute approximate surface area is 159 Å². The number of hydrazine groups is 1. The van der Waals surface area contributed by atoms with E-state index in [1.54, 1.807) is 26.0 Å². The minimum Gasteiger partial charge on any atom is -0.320 e. The van der Waals surface area contributed by atoms with Crippen LogP contribution in [0.4, 0.5) is 5.69 Å². The second-order valence-electron chi connectivity index (χ2n) is 6.44. The second-order valence-corrected chi connectivity index (χ2v) is 9.15. The fraction of sp³-hybridized carbons (Fsp3) is 0.533. The van der Waals surface area contributed by atoms with Gasteiger partial charge in [-0.15, -0.1) is 0 Å². The SMILES string of the molecule is CCCc1ccc(N(C(=O)[C@@H](N)CC(C)C)N(S(=O)(=O)O)S(=O)(=O)O)cc1. The topological polar surface area (TPSA) is 158 Å². The molecule has 0 saturated heterocycles. The van der Waals surface area contributed by atoms with Crippen molar-refractivity contribution < 1.29 is 30.7 Å². The van der Waals surface area contributed by atoms with E-state index in [1.165, 1.54) is 12.1 Å². The number of hydrogen-bond acceptors (Lipinski definition) is 6. The fourth-order valence-corrected chi connectivity index (χ4v) is 4.20. The number of anilines is 1. The Morgan fingerprint density at radius 2 is 1.56 bits per heavy atom. The number of amides is 1. The second kappa shape index (κ2) is 9.08. The zero-order valence-corrected chi connectivity index (χ0v) is 16.9. The van der Waals surface area contributed by atoms with Gasteiger partial charge < -0.3 is 5.73 Å². The van der Waals surface area contributed by atoms with Gasteiger partial charge in [-0.1, -0.05) is 39.3 Å². The van der Waals surface area contributed by atoms with Crippen LogP contribution in [0.2, 0.25) is 0 Å². The predicted molar refractivity (Wildman–Crippen MR) is 100 cm³/mol. The molecule has 0 heterocycles. The number of carbonyl (C=O) groups is 1. The maximum atomic E-state index is 12.7. The van der Waals surface area contributed by atoms with Gasteiger partial charge >= 0.3 is 20.6 Å². The lowest BCUT2D eigenvalue weighted by Crippen LogP contribution is -2.57. The summed E-state index contributed by atoms with van der Waals surface area (Å²) >= 11 is 0. The number of nitrogens with two attached hydrogens (primary N) is 1. The summed E-state index contributed by atoms with van der Waals surface area (Å²) in [6.07, 6.45) is 1.67. The molecule has 27 heavy (non-hydrogen) atoms. The van der Waals surface area contributed by atoms with E-state index in [0.29, 0.717) is 6.42 Å². The molecule has 0 bridgehead atoms. The van der Waals surface area contributed by atoms with Crippen LogP contribution in [-0.4, -0.2) is 41.7 Å². The highest BCUT2D eigenvalue weighted by molar-refractivity contribution is 7.98. The largest absolute Gasteiger partial charge is 0.369 e. The number of aryl methyl sites for hydroxylation is 1. The Morgan fingerprint density at radius 3 is 1.93 bits per heavy atom. The molecular weight excluding hydrogens is 398 g/mol. The van der Waals surface area contributed by atoms with Crippen molar-refractivity contribution in [2.45, 2.75) is 46.1 Å². The van der Waals surface area contributed by atoms with Crippen molar-refractivity contribution in [1.82, 2.24) is 3.82 Å². The zero-order chi connectivity index (χ0) is 21.0. The maximum Gasteiger partial charge on any atom is 0.369 e. The van der Waals surface area contributed by atoms with Gasteiger partial charge in [0, 0.05) is 0 Å². The van der Waals surface area contributed by atoms with Crippen molar-refractivity contribution in [3.63, 3.8) is 0 Å². The number of hydrogen-bond donors (Lipinski definition) is 3. The van der Waals surface area contributed by atoms with E-state index in [-0.39, 0.29) is 23.0 Å². The lowest BCUT2D eigenvalue weighted by atomic mass is 10.0. The summed E-state index contributed by atoms with van der Waals surface area (Å²) in [5.41, 5.74) is 6.45. The molecule has 0 spiro atoms. The van der Waals surface area contributed by atoms with E-state index in [2.05, 4.69) is 0 Å². The molecule has 0 radical (unpaired) electrons. The standard InChI is InChI=1S/C15H25N3O7S2/c1-4-5-12-6-8-13(9-7-12)17(15(19)14(16)10-11(2)3)18(26(20,21)22)27(23,24)25/h6-9,11,14H,4-5,10,16H2,1-3H3,(H,20,21,22)(H,23,24,25)/t14-/m0/s1. The average Bonchev–Trinajstić information content (AvgIpc) is 2.50. The van der Waals surface area contributed by atoms with Crippen LogP contribution >= 0.6 is 0 Å². The third kappa shape index (κ3) is 6.52. The van der Waals surface area contributed by atoms with Gasteiger partial charge in [0.2, 0.25) is 0 Å². The predicted octanol–water partition coefficient (Wildman–Crippen LogP) is 1.17. The van der Waals surface area contributed by atoms with Gasteiger partial charge in [-0.2, -0.15) is 16.8 Å². The molecule has 1 atom stereocenters. The van der Waals surface area contributed by atoms with E-state index < -0.39 is 36.4 Å². The Kier molecular flexibility index (Phi) is 7.89. The minimum absolute atomic E-state index is 0.0531. The van der Waals surface area contributed by atoms with Gasteiger partial charge in [0.25, 0.3) is 5.91 Å². The molecule has 0 aromatic heterocycles. The first kappa shape index (κ1) is 23.5. The first-order valence-electron chi connectivity index (χ1n) is 8.22. The Balaban J connectivity index is 3.54. The minimum atomic E-state index is -5.55. The normalized spacial score (nSPS) is 13.8. The van der Waals surface area contributed by atoms with Gasteiger partial charge in [0.05, 0.1) is 15.5 Å². The van der Waals surface area contributed by atoms with Crippen molar-refractivity contribution in [2.24, 2.45) is 11.7 Å². The summed E-state index contributed by atoms with van der Waals surface area (Å²) < 4.78 is 64.3. The molecule has 10 nitrogen and oxygen atoms in total. The van der Waals surface area contributed by atoms with Crippen molar-refractivity contribution in [2.75, 3.05) is 5.01 Å². The first-order valence-corrected chi connectivity index (χ1v) is 11.0. The summed E-state index contributed by atoms with van der Waals surface area (Å²) in [7, 11) is -11.1. The van der Waals surface area contributed by atoms with Crippen LogP contribution in [0.15, 0.2) is 24.3 Å². The molecule has 0 aliphatic heterocycles. The molecule has 12 heteroatoms. The molecule has 1 amide bonds. The maximum absolute atomic E-state index is 12.7. The van der Waals surface area contributed by atoms with E-state index in [4.69, 9.17) is 5.73 Å². The van der Waals surface area contributed by atoms with Gasteiger partial charge in [-0.25, -0.2) is 5.01 Å². The van der Waals surface area contributed by atoms with Gasteiger partial charge in [-0.05, 0) is 36.5 Å². The van der Waals surface area contributed by atoms with Crippen molar-refractivity contribution >= 4 is 32.2 Å². The van der Waals surface area contributed by atoms with Gasteiger partial charge in [0.15, 0.2) is 0 Å². The third-order valence-electron chi connectivity index (χ3n) is 3.53. The summed E-state index contributed by atoms with van der Waals surface area (Å²) in [5, 5.41) is 0.146. The third-order valence-corrected chi connectivity index (χ3v) is 5.78. The summed E-state index contributed by atoms with van der Waals surface area (Å²) in [6.45, 7) is 5.48. The van der Waals surface area contributed by atoms with Crippen LogP contribution < -0.4 is 10.7 Å². The van der Waals surface area contributed by atoms with Crippen LogP contribution in [0.1, 0.15) is 39.2 Å². The van der Waals surface area contributed by atoms with Crippen molar-refractivity contribution in [3.05, 3.63) is 29.8 Å². The first-order chi connectivity index (χ1) is 12.3. The van der Waals surface area contributed by atoms with Crippen LogP contribution in [0.5, 0.6) is 0 Å². The molecule has 1 rings (SSSR count). The highest BCUT2D eigenvalue weighted by atomic mass is 32.3. The van der Waals surface area contributed by atoms with Gasteiger partial charge in [-0.3, -0.25) is 13.9 Å². The van der Waals surface area contributed by atoms with Crippen molar-refractivity contribution in [3.8, 4) is 0 Å². The summed E-state index contributed by atoms with van der Waals surface area (Å²) in [6, 6.07) is 4.47. The van der Waals surface area contributed by atoms with E-state index in [1.807, 2.05) is 6.92 Å². The highest BCUT2D eigenvalue weighted by Crippen LogP contribution is 2.24. The number of benzene rings is 1. The summed E-state index contributed by atoms with van der Waals surface area (Å²) in [5.74, 6) is -1.18. The van der Waals surface area contributed by atoms with E-state index in [0.717, 1.165) is 12.0 Å². The van der Waals surface area contributed by atoms with Crippen LogP contribution in [0.25, 0.3) is 0 Å². The molecule has 0 aliphatic carbocycles. The van der Waals surface area contributed by atoms with Crippen LogP contribution in [-0.2, 0) is 31.8 Å². The Morgan fingerprint density at radius 1 is 1.07 bits per heavy atom. The number of carbonyl (C=O) groups excluding carboxylic acids is 1. The molecule has 1 aromatic rings. The molecule has 0 aliphatic rings. The Bertz CT molecular complexity index is 820. The zero-order valence-electron chi connectivity index (χ0n) is 15.3. The average molecular weight is 424 g/mol. The quantitative estimate of drug-likeness (QED) is 0.394. The smallest absolute Gasteiger partial charge is 0.320 e. The molecule has 4 N–H and O–H groups in total. The van der Waals surface area contributed by atoms with E-state index >= 15 is 0 Å². The highest BCUT2D eigenvalue weighted by Gasteiger charge is 2.42. The van der Waals surface area contributed by atoms with E-state index in [9.17, 15) is 30.7 Å². The number of nitrogens with zero attached hydrogens (tertiary/aromatic N) is 2. The monoisotopic (exact) mass is 423 g/mol. The summed E-state index contributed by atoms with van der Waals surface area (Å²) in [4.78, 5) is 12.7. The number of rotatable bonds is 9. The van der Waals surface area contributed by atoms with Crippen LogP contribution in [0.3, 0.4) is 0 Å². The molecule has 0 saturated carbocycles. The fourth-order valence-electron chi connectivity index (χ4n) is 2.49. The lowest BCUT2D eigenvalue weighted by molar-refractivity contribution is -0.121. The van der Waals surface area contributed by atoms with Gasteiger partial charge in [0.1, 0.15) is 0 Å². The van der Waals surface area contributed by atoms with Crippen LogP contribution in [0, 0.1) is 5.92 Å². The lowest BCUT2D eigenvalue weighted by Gasteiger charge is -2.31.